The smallest absolute Gasteiger partial charge is 0.246 e. The number of nitrogens with zero attached hydrogens (tertiary/aromatic N) is 1. The Morgan fingerprint density at radius 3 is 2.46 bits per heavy atom. The first-order chi connectivity index (χ1) is 19.7. The van der Waals surface area contributed by atoms with Gasteiger partial charge < -0.3 is 20.3 Å². The van der Waals surface area contributed by atoms with Crippen molar-refractivity contribution in [3.8, 4) is 0 Å². The Balaban J connectivity index is 1.30. The van der Waals surface area contributed by atoms with Crippen LogP contribution in [0.2, 0.25) is 0 Å². The first-order valence-corrected chi connectivity index (χ1v) is 15.1. The van der Waals surface area contributed by atoms with Crippen molar-refractivity contribution in [3.63, 3.8) is 0 Å². The van der Waals surface area contributed by atoms with E-state index in [0.29, 0.717) is 23.4 Å². The predicted octanol–water partition coefficient (Wildman–Crippen LogP) is 5.04. The number of hydrogen-bond donors (Lipinski definition) is 2. The van der Waals surface area contributed by atoms with Gasteiger partial charge in [-0.15, -0.1) is 0 Å². The molecule has 0 aromatic heterocycles. The van der Waals surface area contributed by atoms with Crippen LogP contribution in [0.4, 0.5) is 5.69 Å². The maximum atomic E-state index is 14.2. The molecule has 6 rings (SSSR count). The molecule has 41 heavy (non-hydrogen) atoms. The highest BCUT2D eigenvalue weighted by Gasteiger charge is 2.72. The average molecular weight is 556 g/mol. The molecule has 4 aliphatic rings. The lowest BCUT2D eigenvalue weighted by atomic mass is 9.73. The van der Waals surface area contributed by atoms with Gasteiger partial charge in [-0.2, -0.15) is 0 Å². The van der Waals surface area contributed by atoms with Crippen LogP contribution in [-0.2, 0) is 25.7 Å². The van der Waals surface area contributed by atoms with Gasteiger partial charge in [-0.3, -0.25) is 14.4 Å². The van der Waals surface area contributed by atoms with Gasteiger partial charge in [0, 0.05) is 18.3 Å². The van der Waals surface area contributed by atoms with Crippen LogP contribution in [0, 0.1) is 23.7 Å². The minimum absolute atomic E-state index is 0.0471. The topological polar surface area (TPSA) is 87.7 Å². The van der Waals surface area contributed by atoms with Crippen LogP contribution >= 0.6 is 0 Å². The van der Waals surface area contributed by atoms with E-state index in [2.05, 4.69) is 38.3 Å². The van der Waals surface area contributed by atoms with Gasteiger partial charge in [-0.1, -0.05) is 95.2 Å². The SMILES string of the molecule is CC(C)c1ccc(NC(=O)C2C3C=CC4(O3)C2C(=O)N(Cc2ccccc2)C4C(=O)NC2CCCC(C)C2C)cc1. The molecule has 8 atom stereocenters. The molecule has 2 N–H and O–H groups in total. The lowest BCUT2D eigenvalue weighted by Crippen LogP contribution is -2.57. The van der Waals surface area contributed by atoms with Gasteiger partial charge in [0.25, 0.3) is 0 Å². The molecular formula is C34H41N3O4. The van der Waals surface area contributed by atoms with Crippen LogP contribution in [0.3, 0.4) is 0 Å². The van der Waals surface area contributed by atoms with Crippen molar-refractivity contribution < 1.29 is 19.1 Å². The fourth-order valence-electron chi connectivity index (χ4n) is 7.44. The number of anilines is 1. The molecule has 3 heterocycles. The summed E-state index contributed by atoms with van der Waals surface area (Å²) >= 11 is 0. The van der Waals surface area contributed by atoms with E-state index >= 15 is 0 Å². The maximum Gasteiger partial charge on any atom is 0.246 e. The van der Waals surface area contributed by atoms with E-state index in [1.54, 1.807) is 4.90 Å². The Bertz CT molecular complexity index is 1340. The number of ether oxygens (including phenoxy) is 1. The minimum Gasteiger partial charge on any atom is -0.359 e. The quantitative estimate of drug-likeness (QED) is 0.469. The van der Waals surface area contributed by atoms with Crippen molar-refractivity contribution >= 4 is 23.4 Å². The summed E-state index contributed by atoms with van der Waals surface area (Å²) in [5, 5.41) is 6.34. The van der Waals surface area contributed by atoms with Crippen molar-refractivity contribution in [2.45, 2.75) is 83.2 Å². The standard InChI is InChI=1S/C34H41N3O4/c1-20(2)24-13-15-25(16-14-24)35-31(38)28-27-17-18-34(41-27)29(28)33(40)37(19-23-10-6-5-7-11-23)30(34)32(39)36-26-12-8-9-21(3)22(26)4/h5-7,10-11,13-18,20-22,26-30H,8-9,12,19H2,1-4H3,(H,35,38)(H,36,39). The van der Waals surface area contributed by atoms with Gasteiger partial charge in [0.1, 0.15) is 11.6 Å². The average Bonchev–Trinajstić information content (AvgIpc) is 3.59. The fourth-order valence-corrected chi connectivity index (χ4v) is 7.44. The number of carbonyl (C=O) groups is 3. The zero-order valence-corrected chi connectivity index (χ0v) is 24.4. The molecule has 2 aromatic carbocycles. The van der Waals surface area contributed by atoms with Gasteiger partial charge in [0.05, 0.1) is 17.9 Å². The van der Waals surface area contributed by atoms with Crippen LogP contribution in [-0.4, -0.2) is 46.4 Å². The van der Waals surface area contributed by atoms with Crippen molar-refractivity contribution in [2.75, 3.05) is 5.32 Å². The van der Waals surface area contributed by atoms with Gasteiger partial charge >= 0.3 is 0 Å². The lowest BCUT2D eigenvalue weighted by Gasteiger charge is -2.38. The van der Waals surface area contributed by atoms with E-state index in [1.165, 1.54) is 5.56 Å². The van der Waals surface area contributed by atoms with Crippen LogP contribution < -0.4 is 10.6 Å². The van der Waals surface area contributed by atoms with E-state index in [9.17, 15) is 14.4 Å². The first-order valence-electron chi connectivity index (χ1n) is 15.1. The van der Waals surface area contributed by atoms with Crippen molar-refractivity contribution in [2.24, 2.45) is 23.7 Å². The van der Waals surface area contributed by atoms with Gasteiger partial charge in [-0.25, -0.2) is 0 Å². The Hall–Kier alpha value is -3.45. The summed E-state index contributed by atoms with van der Waals surface area (Å²) in [6, 6.07) is 16.7. The normalized spacial score (nSPS) is 33.7. The van der Waals surface area contributed by atoms with Gasteiger partial charge in [-0.05, 0) is 47.4 Å². The number of likely N-dealkylation sites (tertiary alicyclic amines) is 1. The van der Waals surface area contributed by atoms with Crippen LogP contribution in [0.5, 0.6) is 0 Å². The number of hydrogen-bond acceptors (Lipinski definition) is 4. The Labute approximate surface area is 242 Å². The Morgan fingerprint density at radius 1 is 1.02 bits per heavy atom. The number of amides is 3. The Kier molecular flexibility index (Phi) is 7.26. The third-order valence-electron chi connectivity index (χ3n) is 10.0. The van der Waals surface area contributed by atoms with E-state index in [0.717, 1.165) is 24.8 Å². The van der Waals surface area contributed by atoms with Crippen LogP contribution in [0.1, 0.15) is 64.0 Å². The van der Waals surface area contributed by atoms with Gasteiger partial charge in [0.15, 0.2) is 0 Å². The monoisotopic (exact) mass is 555 g/mol. The second kappa shape index (κ2) is 10.8. The van der Waals surface area contributed by atoms with E-state index in [-0.39, 0.29) is 30.3 Å². The zero-order valence-electron chi connectivity index (χ0n) is 24.4. The van der Waals surface area contributed by atoms with Crippen molar-refractivity contribution in [1.29, 1.82) is 0 Å². The molecule has 2 saturated heterocycles. The molecule has 1 spiro atoms. The molecule has 216 valence electrons. The van der Waals surface area contributed by atoms with E-state index in [1.807, 2.05) is 66.7 Å². The summed E-state index contributed by atoms with van der Waals surface area (Å²) in [6.45, 7) is 8.97. The molecule has 0 radical (unpaired) electrons. The molecule has 3 aliphatic heterocycles. The molecule has 3 fully saturated rings. The zero-order chi connectivity index (χ0) is 28.9. The molecule has 1 aliphatic carbocycles. The highest BCUT2D eigenvalue weighted by Crippen LogP contribution is 2.55. The molecule has 2 bridgehead atoms. The second-order valence-electron chi connectivity index (χ2n) is 12.8. The lowest BCUT2D eigenvalue weighted by molar-refractivity contribution is -0.142. The Morgan fingerprint density at radius 2 is 1.76 bits per heavy atom. The summed E-state index contributed by atoms with van der Waals surface area (Å²) in [5.41, 5.74) is 1.63. The van der Waals surface area contributed by atoms with E-state index < -0.39 is 29.6 Å². The van der Waals surface area contributed by atoms with Crippen molar-refractivity contribution in [3.05, 3.63) is 77.9 Å². The summed E-state index contributed by atoms with van der Waals surface area (Å²) in [7, 11) is 0. The highest BCUT2D eigenvalue weighted by atomic mass is 16.5. The molecule has 8 unspecified atom stereocenters. The fraction of sp³-hybridized carbons (Fsp3) is 0.500. The molecule has 3 amide bonds. The molecule has 7 heteroatoms. The minimum atomic E-state index is -1.17. The number of benzene rings is 2. The third-order valence-corrected chi connectivity index (χ3v) is 10.0. The molecular weight excluding hydrogens is 514 g/mol. The summed E-state index contributed by atoms with van der Waals surface area (Å²) in [6.07, 6.45) is 6.35. The number of fused-ring (bicyclic) bond motifs is 1. The van der Waals surface area contributed by atoms with Crippen LogP contribution in [0.25, 0.3) is 0 Å². The maximum absolute atomic E-state index is 14.2. The number of carbonyl (C=O) groups excluding carboxylic acids is 3. The van der Waals surface area contributed by atoms with E-state index in [4.69, 9.17) is 4.74 Å². The highest BCUT2D eigenvalue weighted by molar-refractivity contribution is 6.02. The van der Waals surface area contributed by atoms with Crippen LogP contribution in [0.15, 0.2) is 66.7 Å². The summed E-state index contributed by atoms with van der Waals surface area (Å²) < 4.78 is 6.52. The van der Waals surface area contributed by atoms with Crippen molar-refractivity contribution in [1.82, 2.24) is 10.2 Å². The summed E-state index contributed by atoms with van der Waals surface area (Å²) in [5.74, 6) is -0.897. The third kappa shape index (κ3) is 4.78. The summed E-state index contributed by atoms with van der Waals surface area (Å²) in [4.78, 5) is 43.8. The number of nitrogens with one attached hydrogen (secondary N) is 2. The second-order valence-corrected chi connectivity index (χ2v) is 12.8. The largest absolute Gasteiger partial charge is 0.359 e. The molecule has 2 aromatic rings. The number of rotatable bonds is 7. The molecule has 1 saturated carbocycles. The molecule has 7 nitrogen and oxygen atoms in total. The predicted molar refractivity (Wildman–Crippen MR) is 158 cm³/mol. The first kappa shape index (κ1) is 27.7. The van der Waals surface area contributed by atoms with Gasteiger partial charge in [0.2, 0.25) is 17.7 Å².